The van der Waals surface area contributed by atoms with Crippen LogP contribution in [-0.4, -0.2) is 201 Å². The van der Waals surface area contributed by atoms with Crippen LogP contribution in [0, 0.1) is 24.2 Å². The highest BCUT2D eigenvalue weighted by atomic mass is 32.2. The number of piperidine rings is 1. The molecule has 4 aromatic carbocycles. The van der Waals surface area contributed by atoms with Crippen molar-refractivity contribution in [2.24, 2.45) is 17.3 Å². The molecule has 98 heavy (non-hydrogen) atoms. The molecular weight excluding hydrogens is 1290 g/mol. The van der Waals surface area contributed by atoms with Gasteiger partial charge in [0.05, 0.1) is 61.9 Å². The molecule has 526 valence electrons. The van der Waals surface area contributed by atoms with Gasteiger partial charge in [-0.2, -0.15) is 0 Å². The van der Waals surface area contributed by atoms with E-state index in [1.165, 1.54) is 38.5 Å². The molecule has 2 atom stereocenters. The number of piperazine rings is 2. The normalized spacial score (nSPS) is 20.3. The SMILES string of the molecule is CCC1CC(C2=C(CN3CCN(c4ccc(C(=O)NS(=O)(=O)c5ccc(N[C@H](CCN6CCN(C(=O)CCCn7cc(COCCOCCOCCNc8cccc9c8C(=O)N(C8CCC(=O)NC8=O)C9=O)nn7)CC6)CSc6ccccc6)c(C)c5)cc4)CC3)CCC(C)(C)C2)C1. The van der Waals surface area contributed by atoms with Crippen LogP contribution in [0.2, 0.25) is 0 Å². The molecule has 5 aromatic rings. The van der Waals surface area contributed by atoms with Crippen molar-refractivity contribution in [2.45, 2.75) is 133 Å². The topological polar surface area (TPSA) is 259 Å². The molecule has 0 radical (unpaired) electrons. The molecule has 2 aliphatic carbocycles. The number of hydrogen-bond donors (Lipinski definition) is 4. The largest absolute Gasteiger partial charge is 0.382 e. The maximum Gasteiger partial charge on any atom is 0.264 e. The number of anilines is 3. The van der Waals surface area contributed by atoms with Gasteiger partial charge in [0.2, 0.25) is 17.7 Å². The van der Waals surface area contributed by atoms with E-state index in [4.69, 9.17) is 14.2 Å². The average molecular weight is 1380 g/mol. The number of nitrogens with zero attached hydrogens (tertiary/aromatic N) is 8. The minimum Gasteiger partial charge on any atom is -0.382 e. The lowest BCUT2D eigenvalue weighted by molar-refractivity contribution is -0.136. The Morgan fingerprint density at radius 3 is 2.27 bits per heavy atom. The zero-order valence-electron chi connectivity index (χ0n) is 57.1. The summed E-state index contributed by atoms with van der Waals surface area (Å²) in [4.78, 5) is 88.8. The lowest BCUT2D eigenvalue weighted by Gasteiger charge is -2.44. The molecule has 1 aromatic heterocycles. The number of amides is 6. The predicted octanol–water partition coefficient (Wildman–Crippen LogP) is 8.42. The zero-order chi connectivity index (χ0) is 68.8. The minimum atomic E-state index is -4.18. The van der Waals surface area contributed by atoms with Gasteiger partial charge in [-0.1, -0.05) is 67.8 Å². The fourth-order valence-corrected chi connectivity index (χ4v) is 16.2. The molecule has 4 aliphatic heterocycles. The van der Waals surface area contributed by atoms with Crippen LogP contribution in [0.3, 0.4) is 0 Å². The fraction of sp³-hybridized carbons (Fsp3) is 0.534. The quantitative estimate of drug-likeness (QED) is 0.0133. The van der Waals surface area contributed by atoms with Crippen LogP contribution < -0.4 is 25.6 Å². The molecule has 1 unspecified atom stereocenters. The van der Waals surface area contributed by atoms with E-state index in [-0.39, 0.29) is 53.0 Å². The van der Waals surface area contributed by atoms with E-state index in [1.54, 1.807) is 76.1 Å². The van der Waals surface area contributed by atoms with Crippen LogP contribution in [-0.2, 0) is 51.8 Å². The summed E-state index contributed by atoms with van der Waals surface area (Å²) >= 11 is 1.76. The number of carbonyl (C=O) groups excluding carboxylic acids is 6. The Hall–Kier alpha value is -7.52. The van der Waals surface area contributed by atoms with E-state index in [1.807, 2.05) is 48.4 Å². The number of thioether (sulfide) groups is 1. The molecule has 6 amide bonds. The summed E-state index contributed by atoms with van der Waals surface area (Å²) in [5.74, 6) is -0.327. The number of carbonyl (C=O) groups is 6. The first-order valence-electron chi connectivity index (χ1n) is 35.0. The van der Waals surface area contributed by atoms with Crippen molar-refractivity contribution in [1.82, 2.24) is 44.6 Å². The summed E-state index contributed by atoms with van der Waals surface area (Å²) in [6.07, 6.45) is 11.5. The number of nitrogens with one attached hydrogen (secondary N) is 4. The number of hydrogen-bond acceptors (Lipinski definition) is 19. The van der Waals surface area contributed by atoms with E-state index in [9.17, 15) is 37.2 Å². The highest BCUT2D eigenvalue weighted by Crippen LogP contribution is 2.50. The second-order valence-electron chi connectivity index (χ2n) is 27.6. The Bertz CT molecular complexity index is 3750. The smallest absolute Gasteiger partial charge is 0.264 e. The lowest BCUT2D eigenvalue weighted by Crippen LogP contribution is -2.54. The van der Waals surface area contributed by atoms with Crippen LogP contribution in [0.4, 0.5) is 17.1 Å². The Labute approximate surface area is 580 Å². The molecule has 25 heteroatoms. The van der Waals surface area contributed by atoms with Crippen molar-refractivity contribution < 1.29 is 51.4 Å². The van der Waals surface area contributed by atoms with Gasteiger partial charge in [0.1, 0.15) is 11.7 Å². The highest BCUT2D eigenvalue weighted by molar-refractivity contribution is 7.99. The number of imide groups is 2. The van der Waals surface area contributed by atoms with Gasteiger partial charge >= 0.3 is 0 Å². The first-order chi connectivity index (χ1) is 47.4. The highest BCUT2D eigenvalue weighted by Gasteiger charge is 2.46. The van der Waals surface area contributed by atoms with Crippen molar-refractivity contribution >= 4 is 74.3 Å². The predicted molar refractivity (Wildman–Crippen MR) is 376 cm³/mol. The summed E-state index contributed by atoms with van der Waals surface area (Å²) < 4.78 is 48.6. The number of benzene rings is 4. The standard InChI is InChI=1S/C73H96N12O11S2/c1-5-52-44-55(45-52)62-46-73(3,4)26-24-54(62)47-81-32-34-82(35-33-81)58-18-16-53(17-19-58)69(88)78-98(92,93)60-20-21-63(51(2)43-60)75-56(50-97-59-11-7-6-8-12-59)25-29-80-30-36-83(37-31-80)67(87)15-10-28-84-48-57(77-79-84)49-96-42-41-95-40-39-94-38-27-74-64-14-9-13-61-68(64)72(91)85(71(61)90)65-22-23-66(86)76-70(65)89/h6-9,11-14,16-21,43,48,52,55-56,65,74-75H,5,10,15,22-42,44-47,49-50H2,1-4H3,(H,78,88)(H,76,86,89)/t52?,55?,56-,65?/m1/s1. The number of allylic oxidation sites excluding steroid dienone is 1. The summed E-state index contributed by atoms with van der Waals surface area (Å²) in [6, 6.07) is 26.4. The maximum atomic E-state index is 13.8. The van der Waals surface area contributed by atoms with Crippen molar-refractivity contribution in [1.29, 1.82) is 0 Å². The van der Waals surface area contributed by atoms with Crippen molar-refractivity contribution in [3.05, 3.63) is 136 Å². The molecule has 0 spiro atoms. The zero-order valence-corrected chi connectivity index (χ0v) is 58.8. The molecule has 4 N–H and O–H groups in total. The van der Waals surface area contributed by atoms with Gasteiger partial charge in [0, 0.05) is 131 Å². The Morgan fingerprint density at radius 2 is 1.53 bits per heavy atom. The van der Waals surface area contributed by atoms with Gasteiger partial charge < -0.3 is 34.6 Å². The Kier molecular flexibility index (Phi) is 24.6. The average Bonchev–Trinajstić information content (AvgIpc) is 1.57. The minimum absolute atomic E-state index is 0.0181. The van der Waals surface area contributed by atoms with E-state index in [0.717, 1.165) is 103 Å². The molecular formula is C73H96N12O11S2. The third-order valence-electron chi connectivity index (χ3n) is 20.0. The number of aromatic nitrogens is 3. The van der Waals surface area contributed by atoms with Crippen LogP contribution >= 0.6 is 11.8 Å². The molecule has 0 bridgehead atoms. The molecule has 5 heterocycles. The van der Waals surface area contributed by atoms with Crippen LogP contribution in [0.25, 0.3) is 0 Å². The van der Waals surface area contributed by atoms with Crippen LogP contribution in [0.1, 0.15) is 134 Å². The molecule has 3 saturated heterocycles. The molecule has 11 rings (SSSR count). The fourth-order valence-electron chi connectivity index (χ4n) is 14.1. The maximum absolute atomic E-state index is 13.8. The summed E-state index contributed by atoms with van der Waals surface area (Å²) in [5.41, 5.74) is 8.26. The third-order valence-corrected chi connectivity index (χ3v) is 22.5. The number of ether oxygens (including phenoxy) is 3. The molecule has 6 aliphatic rings. The number of fused-ring (bicyclic) bond motifs is 1. The van der Waals surface area contributed by atoms with E-state index in [0.29, 0.717) is 88.9 Å². The molecule has 1 saturated carbocycles. The van der Waals surface area contributed by atoms with Gasteiger partial charge in [-0.25, -0.2) is 13.1 Å². The first-order valence-corrected chi connectivity index (χ1v) is 37.4. The van der Waals surface area contributed by atoms with Gasteiger partial charge in [-0.3, -0.25) is 53.5 Å². The van der Waals surface area contributed by atoms with Gasteiger partial charge in [-0.05, 0) is 148 Å². The third kappa shape index (κ3) is 18.9. The molecule has 23 nitrogen and oxygen atoms in total. The Morgan fingerprint density at radius 1 is 0.796 bits per heavy atom. The van der Waals surface area contributed by atoms with Crippen LogP contribution in [0.5, 0.6) is 0 Å². The van der Waals surface area contributed by atoms with Crippen molar-refractivity contribution in [3.63, 3.8) is 0 Å². The van der Waals surface area contributed by atoms with Crippen LogP contribution in [0.15, 0.2) is 118 Å². The van der Waals surface area contributed by atoms with Gasteiger partial charge in [-0.15, -0.1) is 16.9 Å². The van der Waals surface area contributed by atoms with Gasteiger partial charge in [0.25, 0.3) is 27.7 Å². The number of aryl methyl sites for hydroxylation is 2. The Balaban J connectivity index is 0.552. The van der Waals surface area contributed by atoms with E-state index >= 15 is 0 Å². The van der Waals surface area contributed by atoms with E-state index in [2.05, 4.69) is 78.6 Å². The summed E-state index contributed by atoms with van der Waals surface area (Å²) in [7, 11) is -4.18. The van der Waals surface area contributed by atoms with E-state index < -0.39 is 45.6 Å². The summed E-state index contributed by atoms with van der Waals surface area (Å²) in [5, 5.41) is 17.5. The van der Waals surface area contributed by atoms with Crippen molar-refractivity contribution in [3.8, 4) is 0 Å². The van der Waals surface area contributed by atoms with Crippen molar-refractivity contribution in [2.75, 3.05) is 126 Å². The first kappa shape index (κ1) is 71.8. The summed E-state index contributed by atoms with van der Waals surface area (Å²) in [6.45, 7) is 20.4. The number of sulfonamides is 1. The second kappa shape index (κ2) is 33.6. The lowest BCUT2D eigenvalue weighted by atomic mass is 9.63. The monoisotopic (exact) mass is 1380 g/mol. The second-order valence-corrected chi connectivity index (χ2v) is 30.3. The van der Waals surface area contributed by atoms with Gasteiger partial charge in [0.15, 0.2) is 0 Å². The molecule has 4 fully saturated rings. The number of rotatable bonds is 33.